The van der Waals surface area contributed by atoms with Crippen molar-refractivity contribution >= 4 is 0 Å². The van der Waals surface area contributed by atoms with E-state index in [1.54, 1.807) is 0 Å². The highest BCUT2D eigenvalue weighted by Crippen LogP contribution is 1.97. The summed E-state index contributed by atoms with van der Waals surface area (Å²) in [6.45, 7) is 10.7. The van der Waals surface area contributed by atoms with Crippen molar-refractivity contribution in [2.45, 2.75) is 12.2 Å². The summed E-state index contributed by atoms with van der Waals surface area (Å²) in [6, 6.07) is 0. The minimum atomic E-state index is -0.471. The Morgan fingerprint density at radius 3 is 0.636 bits per heavy atom. The van der Waals surface area contributed by atoms with E-state index in [1.165, 1.54) is 0 Å². The van der Waals surface area contributed by atoms with E-state index in [0.29, 0.717) is 154 Å². The first-order valence-corrected chi connectivity index (χ1v) is 15.7. The SMILES string of the molecule is C[N+](C)(C)CC(O)COCCOCCOCCOCCOCCOCCOCCOCCOCCOCC(O)C[N+](C)(C)C. The molecule has 2 atom stereocenters. The summed E-state index contributed by atoms with van der Waals surface area (Å²) in [6.07, 6.45) is -0.943. The quantitative estimate of drug-likeness (QED) is 0.0666. The van der Waals surface area contributed by atoms with E-state index in [2.05, 4.69) is 0 Å². The fourth-order valence-electron chi connectivity index (χ4n) is 3.69. The first kappa shape index (κ1) is 43.4. The zero-order valence-electron chi connectivity index (χ0n) is 28.6. The fraction of sp³-hybridized carbons (Fsp3) is 1.00. The van der Waals surface area contributed by atoms with E-state index in [0.717, 1.165) is 0 Å². The molecule has 0 saturated carbocycles. The van der Waals surface area contributed by atoms with Crippen LogP contribution < -0.4 is 0 Å². The second kappa shape index (κ2) is 29.8. The molecule has 44 heavy (non-hydrogen) atoms. The van der Waals surface area contributed by atoms with Gasteiger partial charge in [0.2, 0.25) is 0 Å². The Bertz CT molecular complexity index is 543. The second-order valence-corrected chi connectivity index (χ2v) is 12.3. The number of ether oxygens (including phenoxy) is 10. The Balaban J connectivity index is 3.14. The molecule has 14 heteroatoms. The molecule has 0 saturated heterocycles. The summed E-state index contributed by atoms with van der Waals surface area (Å²) < 4.78 is 55.9. The second-order valence-electron chi connectivity index (χ2n) is 12.3. The molecule has 266 valence electrons. The van der Waals surface area contributed by atoms with E-state index in [9.17, 15) is 10.2 Å². The molecular formula is C30H66N2O12+2. The van der Waals surface area contributed by atoms with Crippen LogP contribution in [0.15, 0.2) is 0 Å². The summed E-state index contributed by atoms with van der Waals surface area (Å²) in [5.74, 6) is 0. The molecule has 0 aliphatic carbocycles. The molecule has 0 aromatic rings. The van der Waals surface area contributed by atoms with Gasteiger partial charge in [-0.05, 0) is 0 Å². The summed E-state index contributed by atoms with van der Waals surface area (Å²) in [4.78, 5) is 0. The lowest BCUT2D eigenvalue weighted by atomic mass is 10.3. The monoisotopic (exact) mass is 646 g/mol. The third-order valence-electron chi connectivity index (χ3n) is 5.49. The molecular weight excluding hydrogens is 580 g/mol. The van der Waals surface area contributed by atoms with Crippen LogP contribution in [0.25, 0.3) is 0 Å². The van der Waals surface area contributed by atoms with E-state index >= 15 is 0 Å². The maximum absolute atomic E-state index is 9.86. The summed E-state index contributed by atoms with van der Waals surface area (Å²) >= 11 is 0. The van der Waals surface area contributed by atoms with Gasteiger partial charge in [-0.3, -0.25) is 0 Å². The average Bonchev–Trinajstić information content (AvgIpc) is 2.92. The third-order valence-corrected chi connectivity index (χ3v) is 5.49. The van der Waals surface area contributed by atoms with E-state index in [1.807, 2.05) is 42.3 Å². The molecule has 0 rings (SSSR count). The smallest absolute Gasteiger partial charge is 0.126 e. The predicted octanol–water partition coefficient (Wildman–Crippen LogP) is -0.713. The minimum absolute atomic E-state index is 0.317. The minimum Gasteiger partial charge on any atom is -0.385 e. The molecule has 0 aromatic carbocycles. The van der Waals surface area contributed by atoms with Crippen LogP contribution in [-0.4, -0.2) is 219 Å². The van der Waals surface area contributed by atoms with Crippen molar-refractivity contribution in [2.75, 3.05) is 188 Å². The van der Waals surface area contributed by atoms with Gasteiger partial charge in [-0.2, -0.15) is 0 Å². The molecule has 0 aliphatic heterocycles. The van der Waals surface area contributed by atoms with Crippen molar-refractivity contribution in [1.82, 2.24) is 0 Å². The molecule has 0 aliphatic rings. The highest BCUT2D eigenvalue weighted by Gasteiger charge is 2.16. The standard InChI is InChI=1S/C30H66N2O12/c1-31(2,3)25-29(33)27-43-23-21-41-19-17-39-15-13-37-11-9-35-7-8-36-10-12-38-14-16-40-18-20-42-22-24-44-28-30(34)26-32(4,5)6/h29-30,33-34H,7-28H2,1-6H3/q+2. The highest BCUT2D eigenvalue weighted by molar-refractivity contribution is 4.51. The van der Waals surface area contributed by atoms with Crippen LogP contribution in [0.2, 0.25) is 0 Å². The zero-order chi connectivity index (χ0) is 32.8. The topological polar surface area (TPSA) is 133 Å². The van der Waals surface area contributed by atoms with Crippen LogP contribution in [0.3, 0.4) is 0 Å². The van der Waals surface area contributed by atoms with Gasteiger partial charge in [-0.25, -0.2) is 0 Å². The molecule has 14 nitrogen and oxygen atoms in total. The number of nitrogens with zero attached hydrogens (tertiary/aromatic N) is 2. The lowest BCUT2D eigenvalue weighted by Crippen LogP contribution is -2.43. The summed E-state index contributed by atoms with van der Waals surface area (Å²) in [5, 5.41) is 19.7. The molecule has 0 radical (unpaired) electrons. The number of hydrogen-bond donors (Lipinski definition) is 2. The van der Waals surface area contributed by atoms with Gasteiger partial charge in [-0.15, -0.1) is 0 Å². The molecule has 2 N–H and O–H groups in total. The van der Waals surface area contributed by atoms with Crippen molar-refractivity contribution < 1.29 is 66.5 Å². The number of aliphatic hydroxyl groups is 2. The van der Waals surface area contributed by atoms with E-state index in [4.69, 9.17) is 47.4 Å². The van der Waals surface area contributed by atoms with Crippen molar-refractivity contribution in [2.24, 2.45) is 0 Å². The highest BCUT2D eigenvalue weighted by atomic mass is 16.6. The first-order valence-electron chi connectivity index (χ1n) is 15.7. The van der Waals surface area contributed by atoms with Gasteiger partial charge in [0, 0.05) is 0 Å². The molecule has 0 heterocycles. The van der Waals surface area contributed by atoms with Crippen LogP contribution >= 0.6 is 0 Å². The van der Waals surface area contributed by atoms with Crippen molar-refractivity contribution in [3.05, 3.63) is 0 Å². The molecule has 0 aromatic heterocycles. The van der Waals surface area contributed by atoms with Gasteiger partial charge in [0.25, 0.3) is 0 Å². The van der Waals surface area contributed by atoms with Crippen LogP contribution in [0.4, 0.5) is 0 Å². The van der Waals surface area contributed by atoms with E-state index in [-0.39, 0.29) is 0 Å². The van der Waals surface area contributed by atoms with Crippen molar-refractivity contribution in [3.8, 4) is 0 Å². The van der Waals surface area contributed by atoms with E-state index < -0.39 is 12.2 Å². The van der Waals surface area contributed by atoms with Gasteiger partial charge in [0.05, 0.1) is 174 Å². The Labute approximate surface area is 266 Å². The number of aliphatic hydroxyl groups excluding tert-OH is 2. The number of rotatable bonds is 35. The third kappa shape index (κ3) is 37.6. The Kier molecular flexibility index (Phi) is 29.4. The number of quaternary nitrogens is 2. The van der Waals surface area contributed by atoms with Crippen molar-refractivity contribution in [1.29, 1.82) is 0 Å². The molecule has 2 unspecified atom stereocenters. The first-order chi connectivity index (χ1) is 21.0. The Hall–Kier alpha value is -0.560. The summed E-state index contributed by atoms with van der Waals surface area (Å²) in [5.41, 5.74) is 0. The van der Waals surface area contributed by atoms with Crippen LogP contribution in [0, 0.1) is 0 Å². The normalized spacial score (nSPS) is 13.9. The molecule has 0 spiro atoms. The largest absolute Gasteiger partial charge is 0.385 e. The van der Waals surface area contributed by atoms with Crippen LogP contribution in [-0.2, 0) is 47.4 Å². The van der Waals surface area contributed by atoms with Gasteiger partial charge in [0.15, 0.2) is 0 Å². The van der Waals surface area contributed by atoms with Gasteiger partial charge < -0.3 is 66.5 Å². The van der Waals surface area contributed by atoms with Crippen molar-refractivity contribution in [3.63, 3.8) is 0 Å². The Morgan fingerprint density at radius 1 is 0.318 bits per heavy atom. The average molecular weight is 647 g/mol. The molecule has 0 bridgehead atoms. The Morgan fingerprint density at radius 2 is 0.477 bits per heavy atom. The van der Waals surface area contributed by atoms with Crippen LogP contribution in [0.1, 0.15) is 0 Å². The summed E-state index contributed by atoms with van der Waals surface area (Å²) in [7, 11) is 12.2. The molecule has 0 fully saturated rings. The number of hydrogen-bond acceptors (Lipinski definition) is 12. The lowest BCUT2D eigenvalue weighted by Gasteiger charge is -2.26. The lowest BCUT2D eigenvalue weighted by molar-refractivity contribution is -0.873. The predicted molar refractivity (Wildman–Crippen MR) is 166 cm³/mol. The fourth-order valence-corrected chi connectivity index (χ4v) is 3.69. The van der Waals surface area contributed by atoms with Gasteiger partial charge in [-0.1, -0.05) is 0 Å². The van der Waals surface area contributed by atoms with Gasteiger partial charge in [0.1, 0.15) is 25.3 Å². The molecule has 0 amide bonds. The van der Waals surface area contributed by atoms with Gasteiger partial charge >= 0.3 is 0 Å². The maximum Gasteiger partial charge on any atom is 0.126 e. The number of likely N-dealkylation sites (N-methyl/N-ethyl adjacent to an activating group) is 2. The van der Waals surface area contributed by atoms with Crippen LogP contribution in [0.5, 0.6) is 0 Å². The zero-order valence-corrected chi connectivity index (χ0v) is 28.6. The maximum atomic E-state index is 9.86.